The van der Waals surface area contributed by atoms with E-state index in [1.54, 1.807) is 60.5 Å². The number of methoxy groups -OCH3 is 1. The van der Waals surface area contributed by atoms with Gasteiger partial charge in [0.15, 0.2) is 11.6 Å². The molecule has 2 aromatic carbocycles. The Balaban J connectivity index is 1.07. The van der Waals surface area contributed by atoms with Crippen molar-refractivity contribution in [2.24, 2.45) is 11.8 Å². The zero-order valence-electron chi connectivity index (χ0n) is 23.1. The second-order valence-corrected chi connectivity index (χ2v) is 10.6. The lowest BCUT2D eigenvalue weighted by atomic mass is 9.88. The van der Waals surface area contributed by atoms with E-state index in [2.05, 4.69) is 4.98 Å². The highest BCUT2D eigenvalue weighted by atomic mass is 19.1. The number of hydrogen-bond acceptors (Lipinski definition) is 7. The molecule has 0 saturated carbocycles. The molecule has 0 bridgehead atoms. The minimum Gasteiger partial charge on any atom is -0.497 e. The molecule has 1 amide bonds. The summed E-state index contributed by atoms with van der Waals surface area (Å²) in [6.07, 6.45) is 4.72. The minimum absolute atomic E-state index is 0.00672. The van der Waals surface area contributed by atoms with Crippen LogP contribution in [0.25, 0.3) is 0 Å². The Labute approximate surface area is 239 Å². The number of benzene rings is 2. The Hall–Kier alpha value is -4.11. The number of carbonyl (C=O) groups excluding carboxylic acids is 3. The van der Waals surface area contributed by atoms with Crippen molar-refractivity contribution in [1.82, 2.24) is 14.9 Å². The van der Waals surface area contributed by atoms with E-state index >= 15 is 0 Å². The van der Waals surface area contributed by atoms with Crippen LogP contribution in [-0.2, 0) is 0 Å². The maximum absolute atomic E-state index is 13.1. The zero-order valence-corrected chi connectivity index (χ0v) is 23.1. The number of Topliss-reactive ketones (excluding diaryl/α,β-unsaturated/α-hetero) is 2. The van der Waals surface area contributed by atoms with E-state index in [0.717, 1.165) is 12.8 Å². The number of carbonyl (C=O) groups is 3. The van der Waals surface area contributed by atoms with E-state index in [9.17, 15) is 18.8 Å². The van der Waals surface area contributed by atoms with Crippen LogP contribution in [0, 0.1) is 17.7 Å². The number of rotatable bonds is 9. The maximum Gasteiger partial charge on any atom is 0.272 e. The highest BCUT2D eigenvalue weighted by Crippen LogP contribution is 2.26. The Morgan fingerprint density at radius 3 is 2.07 bits per heavy atom. The lowest BCUT2D eigenvalue weighted by Crippen LogP contribution is -2.40. The SMILES string of the molecule is COc1ccc(C(=O)C2CCN(C(=O)c3ccc(C(=O)CC4CCN(Oc5ccc(F)cc5)CC4)cn3)CC2)cc1. The van der Waals surface area contributed by atoms with Gasteiger partial charge in [0.1, 0.15) is 23.0 Å². The van der Waals surface area contributed by atoms with E-state index in [1.807, 2.05) is 5.06 Å². The van der Waals surface area contributed by atoms with Crippen LogP contribution in [0.2, 0.25) is 0 Å². The number of pyridine rings is 1. The van der Waals surface area contributed by atoms with Crippen molar-refractivity contribution in [3.05, 3.63) is 89.5 Å². The fourth-order valence-corrected chi connectivity index (χ4v) is 5.41. The molecular formula is C32H34FN3O5. The van der Waals surface area contributed by atoms with Crippen molar-refractivity contribution in [2.45, 2.75) is 32.1 Å². The predicted molar refractivity (Wildman–Crippen MR) is 150 cm³/mol. The molecule has 0 aliphatic carbocycles. The Morgan fingerprint density at radius 2 is 1.46 bits per heavy atom. The van der Waals surface area contributed by atoms with Crippen LogP contribution in [0.5, 0.6) is 11.5 Å². The molecule has 2 saturated heterocycles. The topological polar surface area (TPSA) is 89.0 Å². The fraction of sp³-hybridized carbons (Fsp3) is 0.375. The van der Waals surface area contributed by atoms with E-state index in [-0.39, 0.29) is 35.1 Å². The summed E-state index contributed by atoms with van der Waals surface area (Å²) in [6.45, 7) is 2.33. The summed E-state index contributed by atoms with van der Waals surface area (Å²) in [5.41, 5.74) is 1.45. The fourth-order valence-electron chi connectivity index (χ4n) is 5.41. The molecule has 41 heavy (non-hydrogen) atoms. The summed E-state index contributed by atoms with van der Waals surface area (Å²) in [4.78, 5) is 50.6. The quantitative estimate of drug-likeness (QED) is 0.331. The third-order valence-corrected chi connectivity index (χ3v) is 7.93. The third kappa shape index (κ3) is 7.16. The summed E-state index contributed by atoms with van der Waals surface area (Å²) in [7, 11) is 1.59. The number of halogens is 1. The molecule has 214 valence electrons. The van der Waals surface area contributed by atoms with Crippen LogP contribution in [0.4, 0.5) is 4.39 Å². The maximum atomic E-state index is 13.1. The number of ether oxygens (including phenoxy) is 1. The van der Waals surface area contributed by atoms with Crippen molar-refractivity contribution < 1.29 is 28.3 Å². The van der Waals surface area contributed by atoms with Gasteiger partial charge in [-0.1, -0.05) is 0 Å². The highest BCUT2D eigenvalue weighted by molar-refractivity contribution is 5.99. The van der Waals surface area contributed by atoms with Gasteiger partial charge >= 0.3 is 0 Å². The molecule has 3 heterocycles. The summed E-state index contributed by atoms with van der Waals surface area (Å²) >= 11 is 0. The lowest BCUT2D eigenvalue weighted by molar-refractivity contribution is -0.0815. The normalized spacial score (nSPS) is 16.8. The van der Waals surface area contributed by atoms with Crippen LogP contribution in [0.15, 0.2) is 66.9 Å². The number of likely N-dealkylation sites (tertiary alicyclic amines) is 1. The van der Waals surface area contributed by atoms with Crippen molar-refractivity contribution in [2.75, 3.05) is 33.3 Å². The Morgan fingerprint density at radius 1 is 0.829 bits per heavy atom. The van der Waals surface area contributed by atoms with Crippen molar-refractivity contribution in [3.63, 3.8) is 0 Å². The van der Waals surface area contributed by atoms with Gasteiger partial charge in [0.25, 0.3) is 5.91 Å². The smallest absolute Gasteiger partial charge is 0.272 e. The van der Waals surface area contributed by atoms with Gasteiger partial charge < -0.3 is 14.5 Å². The molecule has 0 radical (unpaired) electrons. The monoisotopic (exact) mass is 559 g/mol. The van der Waals surface area contributed by atoms with Crippen LogP contribution >= 0.6 is 0 Å². The third-order valence-electron chi connectivity index (χ3n) is 7.93. The first-order valence-corrected chi connectivity index (χ1v) is 14.0. The van der Waals surface area contributed by atoms with Crippen LogP contribution in [0.1, 0.15) is 63.3 Å². The molecular weight excluding hydrogens is 525 g/mol. The molecule has 8 nitrogen and oxygen atoms in total. The van der Waals surface area contributed by atoms with Crippen molar-refractivity contribution >= 4 is 17.5 Å². The molecule has 5 rings (SSSR count). The van der Waals surface area contributed by atoms with Crippen molar-refractivity contribution in [3.8, 4) is 11.5 Å². The van der Waals surface area contributed by atoms with Gasteiger partial charge in [-0.3, -0.25) is 19.4 Å². The van der Waals surface area contributed by atoms with Gasteiger partial charge in [-0.2, -0.15) is 0 Å². The molecule has 0 unspecified atom stereocenters. The van der Waals surface area contributed by atoms with Crippen LogP contribution in [0.3, 0.4) is 0 Å². The number of amides is 1. The summed E-state index contributed by atoms with van der Waals surface area (Å²) in [5, 5.41) is 1.84. The standard InChI is InChI=1S/C32H34FN3O5/c1-40-27-7-2-23(3-8-27)31(38)24-14-16-35(17-15-24)32(39)29-11-4-25(21-34-29)30(37)20-22-12-18-36(19-13-22)41-28-9-5-26(33)6-10-28/h2-11,21-22,24H,12-20H2,1H3. The molecule has 3 aromatic rings. The second kappa shape index (κ2) is 13.0. The first-order chi connectivity index (χ1) is 19.9. The summed E-state index contributed by atoms with van der Waals surface area (Å²) < 4.78 is 18.3. The molecule has 0 N–H and O–H groups in total. The minimum atomic E-state index is -0.305. The molecule has 9 heteroatoms. The number of piperidine rings is 2. The molecule has 1 aromatic heterocycles. The lowest BCUT2D eigenvalue weighted by Gasteiger charge is -2.31. The molecule has 2 aliphatic heterocycles. The molecule has 2 aliphatic rings. The van der Waals surface area contributed by atoms with E-state index < -0.39 is 0 Å². The zero-order chi connectivity index (χ0) is 28.8. The van der Waals surface area contributed by atoms with Gasteiger partial charge in [0.2, 0.25) is 0 Å². The van der Waals surface area contributed by atoms with Gasteiger partial charge in [0.05, 0.1) is 7.11 Å². The number of hydrogen-bond donors (Lipinski definition) is 0. The first-order valence-electron chi connectivity index (χ1n) is 14.0. The summed E-state index contributed by atoms with van der Waals surface area (Å²) in [5.74, 6) is 1.01. The Kier molecular flexibility index (Phi) is 9.04. The van der Waals surface area contributed by atoms with E-state index in [4.69, 9.17) is 9.57 Å². The number of ketones is 2. The molecule has 2 fully saturated rings. The predicted octanol–water partition coefficient (Wildman–Crippen LogP) is 5.24. The summed E-state index contributed by atoms with van der Waals surface area (Å²) in [6, 6.07) is 16.3. The number of aromatic nitrogens is 1. The Bertz CT molecular complexity index is 1350. The molecule has 0 spiro atoms. The van der Waals surface area contributed by atoms with Gasteiger partial charge in [-0.05, 0) is 92.3 Å². The van der Waals surface area contributed by atoms with E-state index in [0.29, 0.717) is 73.8 Å². The number of nitrogens with zero attached hydrogens (tertiary/aromatic N) is 3. The second-order valence-electron chi connectivity index (χ2n) is 10.6. The van der Waals surface area contributed by atoms with E-state index in [1.165, 1.54) is 18.3 Å². The largest absolute Gasteiger partial charge is 0.497 e. The molecule has 0 atom stereocenters. The average Bonchev–Trinajstić information content (AvgIpc) is 3.02. The van der Waals surface area contributed by atoms with Crippen molar-refractivity contribution in [1.29, 1.82) is 0 Å². The van der Waals surface area contributed by atoms with Crippen LogP contribution in [-0.4, -0.2) is 65.7 Å². The van der Waals surface area contributed by atoms with Gasteiger partial charge in [-0.25, -0.2) is 4.39 Å². The average molecular weight is 560 g/mol. The highest BCUT2D eigenvalue weighted by Gasteiger charge is 2.29. The van der Waals surface area contributed by atoms with Crippen LogP contribution < -0.4 is 9.57 Å². The van der Waals surface area contributed by atoms with Gasteiger partial charge in [-0.15, -0.1) is 5.06 Å². The first kappa shape index (κ1) is 28.4. The number of hydroxylamine groups is 2. The van der Waals surface area contributed by atoms with Gasteiger partial charge in [0, 0.05) is 55.8 Å².